The van der Waals surface area contributed by atoms with E-state index in [4.69, 9.17) is 9.47 Å². The van der Waals surface area contributed by atoms with Crippen molar-refractivity contribution in [2.45, 2.75) is 20.3 Å². The third kappa shape index (κ3) is 3.52. The Morgan fingerprint density at radius 3 is 2.50 bits per heavy atom. The number of ether oxygens (including phenoxy) is 2. The summed E-state index contributed by atoms with van der Waals surface area (Å²) in [6, 6.07) is 5.27. The molecule has 4 heteroatoms. The van der Waals surface area contributed by atoms with Gasteiger partial charge in [0.1, 0.15) is 0 Å². The van der Waals surface area contributed by atoms with Gasteiger partial charge >= 0.3 is 0 Å². The van der Waals surface area contributed by atoms with Crippen LogP contribution in [0.1, 0.15) is 20.3 Å². The van der Waals surface area contributed by atoms with E-state index in [1.165, 1.54) is 0 Å². The van der Waals surface area contributed by atoms with Gasteiger partial charge in [-0.05, 0) is 25.5 Å². The fourth-order valence-corrected chi connectivity index (χ4v) is 1.54. The molecule has 1 aromatic carbocycles. The van der Waals surface area contributed by atoms with Crippen LogP contribution in [0, 0.1) is 0 Å². The summed E-state index contributed by atoms with van der Waals surface area (Å²) in [7, 11) is 3.13. The lowest BCUT2D eigenvalue weighted by molar-refractivity contribution is -0.112. The van der Waals surface area contributed by atoms with E-state index in [2.05, 4.69) is 5.32 Å². The molecule has 0 aliphatic rings. The summed E-state index contributed by atoms with van der Waals surface area (Å²) in [6.45, 7) is 3.78. The highest BCUT2D eigenvalue weighted by Gasteiger charge is 2.08. The number of anilines is 1. The number of rotatable bonds is 5. The topological polar surface area (TPSA) is 47.6 Å². The van der Waals surface area contributed by atoms with Crippen molar-refractivity contribution in [3.8, 4) is 11.5 Å². The Morgan fingerprint density at radius 2 is 1.94 bits per heavy atom. The average Bonchev–Trinajstić information content (AvgIpc) is 2.38. The summed E-state index contributed by atoms with van der Waals surface area (Å²) in [5, 5.41) is 2.81. The Morgan fingerprint density at radius 1 is 1.28 bits per heavy atom. The third-order valence-corrected chi connectivity index (χ3v) is 2.51. The molecule has 1 amide bonds. The SMILES string of the molecule is CC/C=C(\C)C(=O)Nc1ccc(OC)c(OC)c1. The molecule has 0 spiro atoms. The Kier molecular flexibility index (Phi) is 5.24. The minimum Gasteiger partial charge on any atom is -0.493 e. The van der Waals surface area contributed by atoms with Crippen molar-refractivity contribution in [2.24, 2.45) is 0 Å². The molecule has 18 heavy (non-hydrogen) atoms. The maximum Gasteiger partial charge on any atom is 0.250 e. The quantitative estimate of drug-likeness (QED) is 0.816. The second-order valence-electron chi connectivity index (χ2n) is 3.82. The maximum atomic E-state index is 11.8. The highest BCUT2D eigenvalue weighted by Crippen LogP contribution is 2.29. The van der Waals surface area contributed by atoms with Crippen LogP contribution in [-0.2, 0) is 4.79 Å². The van der Waals surface area contributed by atoms with Crippen LogP contribution in [0.3, 0.4) is 0 Å². The number of nitrogens with one attached hydrogen (secondary N) is 1. The molecule has 0 atom stereocenters. The smallest absolute Gasteiger partial charge is 0.250 e. The van der Waals surface area contributed by atoms with Crippen molar-refractivity contribution in [1.82, 2.24) is 0 Å². The van der Waals surface area contributed by atoms with Crippen LogP contribution in [0.25, 0.3) is 0 Å². The van der Waals surface area contributed by atoms with Crippen LogP contribution in [-0.4, -0.2) is 20.1 Å². The molecular weight excluding hydrogens is 230 g/mol. The predicted molar refractivity (Wildman–Crippen MR) is 72.2 cm³/mol. The van der Waals surface area contributed by atoms with Crippen LogP contribution >= 0.6 is 0 Å². The minimum absolute atomic E-state index is 0.107. The summed E-state index contributed by atoms with van der Waals surface area (Å²) < 4.78 is 10.3. The molecule has 1 aromatic rings. The zero-order chi connectivity index (χ0) is 13.5. The van der Waals surface area contributed by atoms with Crippen molar-refractivity contribution < 1.29 is 14.3 Å². The second-order valence-corrected chi connectivity index (χ2v) is 3.82. The third-order valence-electron chi connectivity index (χ3n) is 2.51. The van der Waals surface area contributed by atoms with E-state index < -0.39 is 0 Å². The highest BCUT2D eigenvalue weighted by atomic mass is 16.5. The van der Waals surface area contributed by atoms with Crippen LogP contribution in [0.2, 0.25) is 0 Å². The lowest BCUT2D eigenvalue weighted by Gasteiger charge is -2.10. The van der Waals surface area contributed by atoms with Gasteiger partial charge in [-0.2, -0.15) is 0 Å². The fourth-order valence-electron chi connectivity index (χ4n) is 1.54. The molecule has 0 saturated heterocycles. The van der Waals surface area contributed by atoms with Gasteiger partial charge in [-0.15, -0.1) is 0 Å². The fraction of sp³-hybridized carbons (Fsp3) is 0.357. The van der Waals surface area contributed by atoms with E-state index in [1.807, 2.05) is 13.0 Å². The normalized spacial score (nSPS) is 11.0. The molecule has 0 fully saturated rings. The van der Waals surface area contributed by atoms with Gasteiger partial charge in [0, 0.05) is 17.3 Å². The van der Waals surface area contributed by atoms with Gasteiger partial charge in [-0.1, -0.05) is 13.0 Å². The number of carbonyl (C=O) groups excluding carboxylic acids is 1. The molecule has 4 nitrogen and oxygen atoms in total. The standard InChI is InChI=1S/C14H19NO3/c1-5-6-10(2)14(16)15-11-7-8-12(17-3)13(9-11)18-4/h6-9H,5H2,1-4H3,(H,15,16)/b10-6+. The number of allylic oxidation sites excluding steroid dienone is 1. The van der Waals surface area contributed by atoms with Crippen molar-refractivity contribution in [1.29, 1.82) is 0 Å². The van der Waals surface area contributed by atoms with Gasteiger partial charge in [-0.25, -0.2) is 0 Å². The van der Waals surface area contributed by atoms with Crippen molar-refractivity contribution in [3.05, 3.63) is 29.8 Å². The van der Waals surface area contributed by atoms with Gasteiger partial charge in [0.25, 0.3) is 5.91 Å². The van der Waals surface area contributed by atoms with E-state index in [0.717, 1.165) is 6.42 Å². The number of hydrogen-bond donors (Lipinski definition) is 1. The Balaban J connectivity index is 2.86. The van der Waals surface area contributed by atoms with E-state index in [-0.39, 0.29) is 5.91 Å². The number of benzene rings is 1. The maximum absolute atomic E-state index is 11.8. The summed E-state index contributed by atoms with van der Waals surface area (Å²) in [5.74, 6) is 1.12. The van der Waals surface area contributed by atoms with E-state index in [9.17, 15) is 4.79 Å². The molecule has 1 rings (SSSR count). The minimum atomic E-state index is -0.107. The molecule has 0 unspecified atom stereocenters. The molecule has 98 valence electrons. The summed E-state index contributed by atoms with van der Waals surface area (Å²) in [5.41, 5.74) is 1.38. The van der Waals surface area contributed by atoms with E-state index in [1.54, 1.807) is 39.3 Å². The number of methoxy groups -OCH3 is 2. The molecule has 0 aliphatic carbocycles. The predicted octanol–water partition coefficient (Wildman–Crippen LogP) is 3.00. The molecule has 0 saturated carbocycles. The molecule has 0 aromatic heterocycles. The first-order chi connectivity index (χ1) is 8.62. The number of amides is 1. The van der Waals surface area contributed by atoms with Gasteiger partial charge < -0.3 is 14.8 Å². The molecule has 0 heterocycles. The second kappa shape index (κ2) is 6.69. The number of hydrogen-bond acceptors (Lipinski definition) is 3. The Labute approximate surface area is 108 Å². The molecule has 0 aliphatic heterocycles. The molecular formula is C14H19NO3. The van der Waals surface area contributed by atoms with Crippen molar-refractivity contribution in [3.63, 3.8) is 0 Å². The molecule has 0 radical (unpaired) electrons. The summed E-state index contributed by atoms with van der Waals surface area (Å²) in [6.07, 6.45) is 2.72. The lowest BCUT2D eigenvalue weighted by Crippen LogP contribution is -2.12. The van der Waals surface area contributed by atoms with Gasteiger partial charge in [0.05, 0.1) is 14.2 Å². The van der Waals surface area contributed by atoms with Crippen molar-refractivity contribution >= 4 is 11.6 Å². The van der Waals surface area contributed by atoms with Crippen LogP contribution in [0.4, 0.5) is 5.69 Å². The lowest BCUT2D eigenvalue weighted by atomic mass is 10.2. The first-order valence-electron chi connectivity index (χ1n) is 5.82. The first-order valence-corrected chi connectivity index (χ1v) is 5.82. The van der Waals surface area contributed by atoms with E-state index in [0.29, 0.717) is 22.8 Å². The summed E-state index contributed by atoms with van der Waals surface area (Å²) in [4.78, 5) is 11.8. The van der Waals surface area contributed by atoms with Crippen LogP contribution < -0.4 is 14.8 Å². The van der Waals surface area contributed by atoms with Crippen LogP contribution in [0.5, 0.6) is 11.5 Å². The van der Waals surface area contributed by atoms with Crippen LogP contribution in [0.15, 0.2) is 29.8 Å². The van der Waals surface area contributed by atoms with Gasteiger partial charge in [0.2, 0.25) is 0 Å². The van der Waals surface area contributed by atoms with E-state index >= 15 is 0 Å². The monoisotopic (exact) mass is 249 g/mol. The van der Waals surface area contributed by atoms with Gasteiger partial charge in [0.15, 0.2) is 11.5 Å². The zero-order valence-corrected chi connectivity index (χ0v) is 11.2. The van der Waals surface area contributed by atoms with Gasteiger partial charge in [-0.3, -0.25) is 4.79 Å². The summed E-state index contributed by atoms with van der Waals surface area (Å²) >= 11 is 0. The molecule has 0 bridgehead atoms. The Hall–Kier alpha value is -1.97. The average molecular weight is 249 g/mol. The largest absolute Gasteiger partial charge is 0.493 e. The highest BCUT2D eigenvalue weighted by molar-refractivity contribution is 6.03. The molecule has 1 N–H and O–H groups in total. The Bertz CT molecular complexity index is 452. The number of carbonyl (C=O) groups is 1. The first kappa shape index (κ1) is 14.1. The van der Waals surface area contributed by atoms with Crippen molar-refractivity contribution in [2.75, 3.05) is 19.5 Å². The zero-order valence-electron chi connectivity index (χ0n) is 11.2.